The Hall–Kier alpha value is -1.98. The number of thioether (sulfide) groups is 1. The molecule has 0 fully saturated rings. The van der Waals surface area contributed by atoms with Crippen molar-refractivity contribution in [3.63, 3.8) is 0 Å². The monoisotopic (exact) mass is 375 g/mol. The molecule has 0 spiro atoms. The molecule has 0 unspecified atom stereocenters. The summed E-state index contributed by atoms with van der Waals surface area (Å²) >= 11 is 7.57. The van der Waals surface area contributed by atoms with E-state index < -0.39 is 5.97 Å². The maximum atomic E-state index is 12.6. The number of halogens is 1. The fraction of sp³-hybridized carbons (Fsp3) is 0.263. The van der Waals surface area contributed by atoms with Crippen molar-refractivity contribution in [1.82, 2.24) is 0 Å². The van der Waals surface area contributed by atoms with E-state index in [0.717, 1.165) is 17.0 Å². The number of ether oxygens (including phenoxy) is 1. The summed E-state index contributed by atoms with van der Waals surface area (Å²) in [5.41, 5.74) is 1.25. The highest BCUT2D eigenvalue weighted by Gasteiger charge is 2.24. The lowest BCUT2D eigenvalue weighted by Gasteiger charge is -2.22. The predicted octanol–water partition coefficient (Wildman–Crippen LogP) is 4.41. The van der Waals surface area contributed by atoms with Gasteiger partial charge >= 0.3 is 5.97 Å². The third-order valence-corrected chi connectivity index (χ3v) is 5.44. The number of esters is 1. The van der Waals surface area contributed by atoms with Crippen LogP contribution in [0.15, 0.2) is 53.4 Å². The molecule has 0 saturated carbocycles. The van der Waals surface area contributed by atoms with E-state index in [9.17, 15) is 9.59 Å². The van der Waals surface area contributed by atoms with E-state index >= 15 is 0 Å². The van der Waals surface area contributed by atoms with Gasteiger partial charge in [0.1, 0.15) is 0 Å². The van der Waals surface area contributed by atoms with E-state index in [0.29, 0.717) is 22.4 Å². The van der Waals surface area contributed by atoms with Gasteiger partial charge in [-0.15, -0.1) is 11.8 Å². The number of nitrogens with zero attached hydrogens (tertiary/aromatic N) is 1. The minimum atomic E-state index is -0.532. The minimum absolute atomic E-state index is 0.218. The van der Waals surface area contributed by atoms with Crippen LogP contribution in [0.5, 0.6) is 0 Å². The van der Waals surface area contributed by atoms with Crippen LogP contribution >= 0.6 is 23.4 Å². The molecular formula is C19H18ClNO3S. The van der Waals surface area contributed by atoms with E-state index in [2.05, 4.69) is 6.92 Å². The Morgan fingerprint density at radius 2 is 1.92 bits per heavy atom. The number of hydrogen-bond acceptors (Lipinski definition) is 4. The summed E-state index contributed by atoms with van der Waals surface area (Å²) in [4.78, 5) is 27.5. The summed E-state index contributed by atoms with van der Waals surface area (Å²) in [6.07, 6.45) is 0.885. The second kappa shape index (κ2) is 7.93. The van der Waals surface area contributed by atoms with Crippen LogP contribution in [0.1, 0.15) is 23.7 Å². The van der Waals surface area contributed by atoms with Crippen molar-refractivity contribution in [2.45, 2.75) is 23.5 Å². The van der Waals surface area contributed by atoms with Crippen LogP contribution in [0.2, 0.25) is 5.02 Å². The van der Waals surface area contributed by atoms with Gasteiger partial charge in [0.15, 0.2) is 6.61 Å². The largest absolute Gasteiger partial charge is 0.452 e. The molecule has 2 aromatic carbocycles. The van der Waals surface area contributed by atoms with Crippen LogP contribution in [-0.2, 0) is 9.53 Å². The zero-order valence-corrected chi connectivity index (χ0v) is 15.3. The zero-order chi connectivity index (χ0) is 17.8. The summed E-state index contributed by atoms with van der Waals surface area (Å²) < 4.78 is 5.19. The standard InChI is InChI=1S/C19H18ClNO3S/c1-13-10-11-21(16-4-2-3-5-17(16)25-13)18(22)12-24-19(23)14-6-8-15(20)9-7-14/h2-9,13H,10-12H2,1H3/t13-/m1/s1. The average Bonchev–Trinajstić information content (AvgIpc) is 2.78. The van der Waals surface area contributed by atoms with Crippen molar-refractivity contribution >= 4 is 40.9 Å². The van der Waals surface area contributed by atoms with Crippen LogP contribution in [0.25, 0.3) is 0 Å². The molecule has 1 amide bonds. The second-order valence-corrected chi connectivity index (χ2v) is 7.73. The molecule has 0 aromatic heterocycles. The lowest BCUT2D eigenvalue weighted by Crippen LogP contribution is -2.35. The number of para-hydroxylation sites is 1. The molecular weight excluding hydrogens is 358 g/mol. The van der Waals surface area contributed by atoms with Crippen molar-refractivity contribution in [2.75, 3.05) is 18.1 Å². The number of carbonyl (C=O) groups is 2. The van der Waals surface area contributed by atoms with Crippen molar-refractivity contribution in [3.05, 3.63) is 59.1 Å². The summed E-state index contributed by atoms with van der Waals surface area (Å²) in [5, 5.41) is 0.969. The van der Waals surface area contributed by atoms with Gasteiger partial charge in [-0.1, -0.05) is 30.7 Å². The fourth-order valence-corrected chi connectivity index (χ4v) is 3.86. The smallest absolute Gasteiger partial charge is 0.338 e. The van der Waals surface area contributed by atoms with Crippen molar-refractivity contribution < 1.29 is 14.3 Å². The highest BCUT2D eigenvalue weighted by Crippen LogP contribution is 2.37. The van der Waals surface area contributed by atoms with E-state index in [1.165, 1.54) is 0 Å². The van der Waals surface area contributed by atoms with Crippen LogP contribution in [0.4, 0.5) is 5.69 Å². The van der Waals surface area contributed by atoms with Gasteiger partial charge in [-0.3, -0.25) is 4.79 Å². The van der Waals surface area contributed by atoms with E-state index in [4.69, 9.17) is 16.3 Å². The number of hydrogen-bond donors (Lipinski definition) is 0. The number of amides is 1. The third-order valence-electron chi connectivity index (χ3n) is 3.95. The summed E-state index contributed by atoms with van der Waals surface area (Å²) in [6, 6.07) is 14.2. The number of rotatable bonds is 3. The zero-order valence-electron chi connectivity index (χ0n) is 13.8. The van der Waals surface area contributed by atoms with Crippen LogP contribution in [-0.4, -0.2) is 30.3 Å². The first-order valence-corrected chi connectivity index (χ1v) is 9.29. The molecule has 0 saturated heterocycles. The second-order valence-electron chi connectivity index (χ2n) is 5.81. The van der Waals surface area contributed by atoms with E-state index in [-0.39, 0.29) is 12.5 Å². The van der Waals surface area contributed by atoms with Gasteiger partial charge in [0, 0.05) is 21.7 Å². The maximum absolute atomic E-state index is 12.6. The molecule has 4 nitrogen and oxygen atoms in total. The number of carbonyl (C=O) groups excluding carboxylic acids is 2. The first-order valence-electron chi connectivity index (χ1n) is 8.03. The Balaban J connectivity index is 1.68. The Morgan fingerprint density at radius 3 is 2.68 bits per heavy atom. The SMILES string of the molecule is C[C@@H]1CCN(C(=O)COC(=O)c2ccc(Cl)cc2)c2ccccc2S1. The highest BCUT2D eigenvalue weighted by atomic mass is 35.5. The fourth-order valence-electron chi connectivity index (χ4n) is 2.62. The van der Waals surface area contributed by atoms with Crippen molar-refractivity contribution in [1.29, 1.82) is 0 Å². The summed E-state index contributed by atoms with van der Waals surface area (Å²) in [6.45, 7) is 2.48. The third kappa shape index (κ3) is 4.35. The Kier molecular flexibility index (Phi) is 5.66. The van der Waals surface area contributed by atoms with Gasteiger partial charge in [-0.25, -0.2) is 4.79 Å². The molecule has 1 aliphatic heterocycles. The minimum Gasteiger partial charge on any atom is -0.452 e. The molecule has 3 rings (SSSR count). The molecule has 0 radical (unpaired) electrons. The quantitative estimate of drug-likeness (QED) is 0.745. The molecule has 0 N–H and O–H groups in total. The highest BCUT2D eigenvalue weighted by molar-refractivity contribution is 8.00. The van der Waals surface area contributed by atoms with Gasteiger partial charge in [-0.05, 0) is 42.8 Å². The molecule has 130 valence electrons. The van der Waals surface area contributed by atoms with Crippen LogP contribution in [0.3, 0.4) is 0 Å². The van der Waals surface area contributed by atoms with Gasteiger partial charge < -0.3 is 9.64 Å². The number of anilines is 1. The lowest BCUT2D eigenvalue weighted by atomic mass is 10.2. The molecule has 0 bridgehead atoms. The maximum Gasteiger partial charge on any atom is 0.338 e. The number of fused-ring (bicyclic) bond motifs is 1. The summed E-state index contributed by atoms with van der Waals surface area (Å²) in [5.74, 6) is -0.750. The topological polar surface area (TPSA) is 46.6 Å². The lowest BCUT2D eigenvalue weighted by molar-refractivity contribution is -0.121. The first-order chi connectivity index (χ1) is 12.0. The molecule has 1 heterocycles. The first kappa shape index (κ1) is 17.8. The molecule has 2 aromatic rings. The Morgan fingerprint density at radius 1 is 1.20 bits per heavy atom. The van der Waals surface area contributed by atoms with Gasteiger partial charge in [0.2, 0.25) is 0 Å². The van der Waals surface area contributed by atoms with Crippen LogP contribution < -0.4 is 4.90 Å². The van der Waals surface area contributed by atoms with E-state index in [1.807, 2.05) is 24.3 Å². The van der Waals surface area contributed by atoms with Gasteiger partial charge in [-0.2, -0.15) is 0 Å². The van der Waals surface area contributed by atoms with Crippen molar-refractivity contribution in [2.24, 2.45) is 0 Å². The van der Waals surface area contributed by atoms with E-state index in [1.54, 1.807) is 40.9 Å². The molecule has 1 aliphatic rings. The van der Waals surface area contributed by atoms with Gasteiger partial charge in [0.25, 0.3) is 5.91 Å². The average molecular weight is 376 g/mol. The van der Waals surface area contributed by atoms with Crippen LogP contribution in [0, 0.1) is 0 Å². The Labute approximate surface area is 156 Å². The normalized spacial score (nSPS) is 16.7. The Bertz CT molecular complexity index is 778. The van der Waals surface area contributed by atoms with Crippen molar-refractivity contribution in [3.8, 4) is 0 Å². The molecule has 25 heavy (non-hydrogen) atoms. The molecule has 6 heteroatoms. The summed E-state index contributed by atoms with van der Waals surface area (Å²) in [7, 11) is 0. The molecule has 0 aliphatic carbocycles. The van der Waals surface area contributed by atoms with Gasteiger partial charge in [0.05, 0.1) is 11.3 Å². The predicted molar refractivity (Wildman–Crippen MR) is 100 cm³/mol. The number of benzene rings is 2. The molecule has 1 atom stereocenters.